The first-order valence-electron chi connectivity index (χ1n) is 7.21. The van der Waals surface area contributed by atoms with Crippen LogP contribution in [0, 0.1) is 17.6 Å². The lowest BCUT2D eigenvalue weighted by molar-refractivity contribution is -0.134. The Morgan fingerprint density at radius 3 is 2.56 bits per heavy atom. The maximum atomic E-state index is 14.3. The number of aromatic hydroxyl groups is 1. The first-order valence-corrected chi connectivity index (χ1v) is 7.21. The number of nitrogens with one attached hydrogen (secondary N) is 1. The fourth-order valence-corrected chi connectivity index (χ4v) is 2.04. The Morgan fingerprint density at radius 1 is 1.28 bits per heavy atom. The predicted molar refractivity (Wildman–Crippen MR) is 82.5 cm³/mol. The lowest BCUT2D eigenvalue weighted by Crippen LogP contribution is -2.16. The minimum atomic E-state index is -1.66. The summed E-state index contributed by atoms with van der Waals surface area (Å²) < 4.78 is 46.8. The van der Waals surface area contributed by atoms with Crippen molar-refractivity contribution in [1.82, 2.24) is 4.98 Å². The Kier molecular flexibility index (Phi) is 5.35. The van der Waals surface area contributed by atoms with Gasteiger partial charge in [-0.1, -0.05) is 13.8 Å². The van der Waals surface area contributed by atoms with Crippen molar-refractivity contribution in [3.05, 3.63) is 41.3 Å². The van der Waals surface area contributed by atoms with Gasteiger partial charge in [-0.25, -0.2) is 0 Å². The second-order valence-electron chi connectivity index (χ2n) is 5.43. The largest absolute Gasteiger partial charge is 0.508 e. The van der Waals surface area contributed by atoms with Crippen LogP contribution in [0.1, 0.15) is 25.3 Å². The normalized spacial score (nSPS) is 10.8. The Labute approximate surface area is 140 Å². The van der Waals surface area contributed by atoms with Gasteiger partial charge in [0.2, 0.25) is 17.4 Å². The summed E-state index contributed by atoms with van der Waals surface area (Å²) in [5, 5.41) is 20.4. The van der Waals surface area contributed by atoms with E-state index in [1.807, 2.05) is 5.32 Å². The number of carbonyl (C=O) groups is 1. The van der Waals surface area contributed by atoms with Gasteiger partial charge in [0.1, 0.15) is 18.0 Å². The number of anilines is 1. The van der Waals surface area contributed by atoms with Crippen molar-refractivity contribution in [3.8, 4) is 17.2 Å². The molecule has 0 radical (unpaired) electrons. The van der Waals surface area contributed by atoms with Crippen LogP contribution in [0.15, 0.2) is 18.2 Å². The van der Waals surface area contributed by atoms with Gasteiger partial charge in [0.25, 0.3) is 5.95 Å². The number of aromatic nitrogens is 1. The third kappa shape index (κ3) is 4.11. The van der Waals surface area contributed by atoms with Gasteiger partial charge in [-0.3, -0.25) is 4.79 Å². The third-order valence-electron chi connectivity index (χ3n) is 3.25. The molecule has 134 valence electrons. The highest BCUT2D eigenvalue weighted by Gasteiger charge is 2.23. The lowest BCUT2D eigenvalue weighted by Gasteiger charge is -2.14. The van der Waals surface area contributed by atoms with E-state index in [4.69, 9.17) is 9.84 Å². The average molecular weight is 356 g/mol. The minimum Gasteiger partial charge on any atom is -0.508 e. The highest BCUT2D eigenvalue weighted by Crippen LogP contribution is 2.35. The van der Waals surface area contributed by atoms with Crippen LogP contribution in [-0.4, -0.2) is 27.7 Å². The second kappa shape index (κ2) is 7.29. The van der Waals surface area contributed by atoms with Gasteiger partial charge >= 0.3 is 5.97 Å². The zero-order valence-electron chi connectivity index (χ0n) is 13.3. The molecule has 1 aromatic heterocycles. The third-order valence-corrected chi connectivity index (χ3v) is 3.25. The summed E-state index contributed by atoms with van der Waals surface area (Å²) in [5.41, 5.74) is 0.470. The second-order valence-corrected chi connectivity index (χ2v) is 5.43. The number of rotatable bonds is 6. The van der Waals surface area contributed by atoms with Gasteiger partial charge in [0, 0.05) is 5.56 Å². The van der Waals surface area contributed by atoms with E-state index in [9.17, 15) is 23.1 Å². The summed E-state index contributed by atoms with van der Waals surface area (Å²) in [6.45, 7) is 2.84. The van der Waals surface area contributed by atoms with E-state index in [1.165, 1.54) is 18.2 Å². The van der Waals surface area contributed by atoms with Crippen molar-refractivity contribution in [2.45, 2.75) is 19.8 Å². The van der Waals surface area contributed by atoms with Gasteiger partial charge in [-0.15, -0.1) is 0 Å². The zero-order valence-corrected chi connectivity index (χ0v) is 13.3. The molecule has 0 aliphatic carbocycles. The topological polar surface area (TPSA) is 91.7 Å². The molecular formula is C16H15F3N2O4. The fraction of sp³-hybridized carbons (Fsp3) is 0.250. The lowest BCUT2D eigenvalue weighted by atomic mass is 10.0. The molecule has 0 aliphatic heterocycles. The number of aliphatic carboxylic acids is 1. The number of nitrogens with zero attached hydrogens (tertiary/aromatic N) is 1. The first-order chi connectivity index (χ1) is 11.7. The van der Waals surface area contributed by atoms with Crippen LogP contribution < -0.4 is 10.1 Å². The maximum absolute atomic E-state index is 14.3. The van der Waals surface area contributed by atoms with Crippen LogP contribution in [0.3, 0.4) is 0 Å². The smallest absolute Gasteiger partial charge is 0.322 e. The van der Waals surface area contributed by atoms with E-state index >= 15 is 0 Å². The van der Waals surface area contributed by atoms with E-state index in [1.54, 1.807) is 13.8 Å². The quantitative estimate of drug-likeness (QED) is 0.685. The summed E-state index contributed by atoms with van der Waals surface area (Å²) in [5.74, 6) is -8.03. The highest BCUT2D eigenvalue weighted by atomic mass is 19.2. The molecule has 2 aromatic rings. The standard InChI is InChI=1S/C16H15F3N2O4/c1-7(2)9-5-8(3-4-10(9)22)25-14-12(17)15(19)21-16(13(14)18)20-6-11(23)24/h3-5,7,22H,6H2,1-2H3,(H,20,21)(H,23,24). The molecule has 3 N–H and O–H groups in total. The van der Waals surface area contributed by atoms with E-state index in [0.717, 1.165) is 0 Å². The van der Waals surface area contributed by atoms with Gasteiger partial charge < -0.3 is 20.3 Å². The molecule has 6 nitrogen and oxygen atoms in total. The molecule has 1 heterocycles. The summed E-state index contributed by atoms with van der Waals surface area (Å²) in [6.07, 6.45) is 0. The average Bonchev–Trinajstić information content (AvgIpc) is 2.54. The maximum Gasteiger partial charge on any atom is 0.322 e. The van der Waals surface area contributed by atoms with Gasteiger partial charge in [0.05, 0.1) is 0 Å². The van der Waals surface area contributed by atoms with E-state index < -0.39 is 41.7 Å². The number of pyridine rings is 1. The minimum absolute atomic E-state index is 0.0204. The molecule has 0 aliphatic rings. The molecular weight excluding hydrogens is 341 g/mol. The van der Waals surface area contributed by atoms with Crippen LogP contribution in [-0.2, 0) is 4.79 Å². The molecule has 0 atom stereocenters. The monoisotopic (exact) mass is 356 g/mol. The Hall–Kier alpha value is -2.97. The highest BCUT2D eigenvalue weighted by molar-refractivity contribution is 5.72. The molecule has 0 saturated heterocycles. The Morgan fingerprint density at radius 2 is 1.96 bits per heavy atom. The summed E-state index contributed by atoms with van der Waals surface area (Å²) in [6, 6.07) is 3.89. The van der Waals surface area contributed by atoms with Crippen molar-refractivity contribution in [2.24, 2.45) is 0 Å². The van der Waals surface area contributed by atoms with Gasteiger partial charge in [-0.05, 0) is 24.1 Å². The van der Waals surface area contributed by atoms with Crippen molar-refractivity contribution < 1.29 is 32.9 Å². The first kappa shape index (κ1) is 18.4. The van der Waals surface area contributed by atoms with Crippen LogP contribution in [0.4, 0.5) is 19.0 Å². The van der Waals surface area contributed by atoms with Gasteiger partial charge in [-0.2, -0.15) is 18.2 Å². The van der Waals surface area contributed by atoms with Crippen LogP contribution in [0.2, 0.25) is 0 Å². The Bertz CT molecular complexity index is 812. The molecule has 2 rings (SSSR count). The Balaban J connectivity index is 2.42. The van der Waals surface area contributed by atoms with Crippen molar-refractivity contribution in [1.29, 1.82) is 0 Å². The number of ether oxygens (including phenoxy) is 1. The summed E-state index contributed by atoms with van der Waals surface area (Å²) >= 11 is 0. The number of carboxylic acid groups (broad SMARTS) is 1. The molecule has 0 unspecified atom stereocenters. The molecule has 0 bridgehead atoms. The number of carboxylic acids is 1. The predicted octanol–water partition coefficient (Wildman–Crippen LogP) is 3.62. The summed E-state index contributed by atoms with van der Waals surface area (Å²) in [7, 11) is 0. The van der Waals surface area contributed by atoms with Crippen LogP contribution in [0.5, 0.6) is 17.2 Å². The molecule has 0 saturated carbocycles. The molecule has 1 aromatic carbocycles. The van der Waals surface area contributed by atoms with Gasteiger partial charge in [0.15, 0.2) is 5.82 Å². The number of hydrogen-bond acceptors (Lipinski definition) is 5. The SMILES string of the molecule is CC(C)c1cc(Oc2c(F)c(F)nc(NCC(=O)O)c2F)ccc1O. The zero-order chi connectivity index (χ0) is 18.7. The van der Waals surface area contributed by atoms with Crippen molar-refractivity contribution in [3.63, 3.8) is 0 Å². The van der Waals surface area contributed by atoms with Crippen molar-refractivity contribution in [2.75, 3.05) is 11.9 Å². The number of halogens is 3. The fourth-order valence-electron chi connectivity index (χ4n) is 2.04. The molecule has 0 amide bonds. The number of hydrogen-bond donors (Lipinski definition) is 3. The number of phenols is 1. The molecule has 9 heteroatoms. The summed E-state index contributed by atoms with van der Waals surface area (Å²) in [4.78, 5) is 13.5. The van der Waals surface area contributed by atoms with Crippen LogP contribution >= 0.6 is 0 Å². The molecule has 0 fully saturated rings. The van der Waals surface area contributed by atoms with E-state index in [0.29, 0.717) is 5.56 Å². The van der Waals surface area contributed by atoms with E-state index in [-0.39, 0.29) is 17.4 Å². The van der Waals surface area contributed by atoms with E-state index in [2.05, 4.69) is 4.98 Å². The number of phenolic OH excluding ortho intramolecular Hbond substituents is 1. The molecule has 0 spiro atoms. The van der Waals surface area contributed by atoms with Crippen LogP contribution in [0.25, 0.3) is 0 Å². The molecule has 25 heavy (non-hydrogen) atoms. The van der Waals surface area contributed by atoms with Crippen molar-refractivity contribution >= 4 is 11.8 Å². The number of benzene rings is 1.